The Morgan fingerprint density at radius 2 is 0.508 bits per heavy atom. The molecule has 0 saturated heterocycles. The van der Waals surface area contributed by atoms with Crippen LogP contribution in [-0.2, 0) is 9.59 Å². The van der Waals surface area contributed by atoms with Crippen molar-refractivity contribution in [2.75, 3.05) is 39.3 Å². The number of allylic oxidation sites excluding steroid dienone is 8. The van der Waals surface area contributed by atoms with Gasteiger partial charge in [-0.3, -0.25) is 9.80 Å². The maximum Gasteiger partial charge on any atom is 2.00 e. The quantitative estimate of drug-likeness (QED) is 0.0345. The molecule has 340 valence electrons. The number of rotatable bonds is 44. The van der Waals surface area contributed by atoms with E-state index in [1.54, 1.807) is 0 Å². The molecule has 0 aliphatic rings. The zero-order chi connectivity index (χ0) is 42.8. The summed E-state index contributed by atoms with van der Waals surface area (Å²) < 4.78 is 0. The third-order valence-corrected chi connectivity index (χ3v) is 10.6. The number of aliphatic carboxylic acids is 2. The molecule has 0 spiro atoms. The van der Waals surface area contributed by atoms with E-state index in [1.165, 1.54) is 128 Å². The molecule has 0 aliphatic carbocycles. The van der Waals surface area contributed by atoms with Crippen molar-refractivity contribution in [2.45, 2.75) is 233 Å². The second-order valence-corrected chi connectivity index (χ2v) is 16.6. The van der Waals surface area contributed by atoms with Crippen LogP contribution in [0.2, 0.25) is 0 Å². The molecule has 7 heteroatoms. The molecule has 6 nitrogen and oxygen atoms in total. The Morgan fingerprint density at radius 1 is 0.322 bits per heavy atom. The minimum atomic E-state index is -0.955. The average Bonchev–Trinajstić information content (AvgIpc) is 3.20. The summed E-state index contributed by atoms with van der Waals surface area (Å²) >= 11 is 0. The van der Waals surface area contributed by atoms with E-state index < -0.39 is 11.9 Å². The first kappa shape index (κ1) is 62.4. The van der Waals surface area contributed by atoms with Crippen LogP contribution in [0.3, 0.4) is 0 Å². The molecule has 0 saturated carbocycles. The molecule has 0 aromatic rings. The molecule has 0 N–H and O–H groups in total. The first-order chi connectivity index (χ1) is 28.4. The SMILES string of the molecule is CCCCCC/C=C/CCCCN(CCCC/C=C/CCCCCC)CC(=O)[O-].CCCCCC/C=C/CCCCN(CCCC/C=C/CCCCCC)CC(=O)[O-].[Ca+2]. The van der Waals surface area contributed by atoms with Crippen molar-refractivity contribution in [1.82, 2.24) is 9.80 Å². The van der Waals surface area contributed by atoms with E-state index in [0.717, 1.165) is 103 Å². The van der Waals surface area contributed by atoms with Gasteiger partial charge in [-0.1, -0.05) is 153 Å². The van der Waals surface area contributed by atoms with Gasteiger partial charge in [0.1, 0.15) is 0 Å². The van der Waals surface area contributed by atoms with E-state index in [9.17, 15) is 19.8 Å². The summed E-state index contributed by atoms with van der Waals surface area (Å²) in [6.07, 6.45) is 57.6. The number of carboxylic acid groups (broad SMARTS) is 2. The van der Waals surface area contributed by atoms with Crippen molar-refractivity contribution in [3.8, 4) is 0 Å². The summed E-state index contributed by atoms with van der Waals surface area (Å²) in [7, 11) is 0. The molecule has 0 radical (unpaired) electrons. The molecular formula is C52H96CaN2O4. The molecule has 0 heterocycles. The standard InChI is InChI=1S/2C26H49NO2.Ca/c2*1-3-5-7-9-11-13-15-17-19-21-23-27(25-26(28)29)24-22-20-18-16-14-12-10-8-6-4-2;/h2*13-16H,3-12,17-25H2,1-2H3,(H,28,29);/q;;+2/p-2/b2*15-13+,16-14+;. The topological polar surface area (TPSA) is 86.7 Å². The third-order valence-electron chi connectivity index (χ3n) is 10.6. The predicted molar refractivity (Wildman–Crippen MR) is 256 cm³/mol. The van der Waals surface area contributed by atoms with Crippen LogP contribution in [0.15, 0.2) is 48.6 Å². The summed E-state index contributed by atoms with van der Waals surface area (Å²) in [6, 6.07) is 0. The molecule has 0 rings (SSSR count). The molecule has 0 aromatic carbocycles. The zero-order valence-electron chi connectivity index (χ0n) is 39.7. The van der Waals surface area contributed by atoms with Crippen molar-refractivity contribution in [1.29, 1.82) is 0 Å². The fraction of sp³-hybridized carbons (Fsp3) is 0.808. The Morgan fingerprint density at radius 3 is 0.678 bits per heavy atom. The molecule has 0 unspecified atom stereocenters. The molecule has 0 bridgehead atoms. The summed E-state index contributed by atoms with van der Waals surface area (Å²) in [5, 5.41) is 22.0. The fourth-order valence-corrected chi connectivity index (χ4v) is 6.99. The molecule has 0 fully saturated rings. The number of carboxylic acids is 2. The Labute approximate surface area is 397 Å². The van der Waals surface area contributed by atoms with Crippen molar-refractivity contribution in [3.05, 3.63) is 48.6 Å². The van der Waals surface area contributed by atoms with Gasteiger partial charge in [0.2, 0.25) is 0 Å². The second-order valence-electron chi connectivity index (χ2n) is 16.6. The number of carbonyl (C=O) groups excluding carboxylic acids is 2. The Kier molecular flexibility index (Phi) is 58.2. The summed E-state index contributed by atoms with van der Waals surface area (Å²) in [6.45, 7) is 12.6. The Bertz CT molecular complexity index is 830. The van der Waals surface area contributed by atoms with Crippen molar-refractivity contribution >= 4 is 49.7 Å². The van der Waals surface area contributed by atoms with Crippen LogP contribution in [0, 0.1) is 0 Å². The van der Waals surface area contributed by atoms with E-state index in [0.29, 0.717) is 0 Å². The van der Waals surface area contributed by atoms with E-state index in [2.05, 4.69) is 86.1 Å². The van der Waals surface area contributed by atoms with Gasteiger partial charge in [0, 0.05) is 13.1 Å². The van der Waals surface area contributed by atoms with E-state index in [-0.39, 0.29) is 50.8 Å². The zero-order valence-corrected chi connectivity index (χ0v) is 41.9. The number of unbranched alkanes of at least 4 members (excludes halogenated alkanes) is 24. The van der Waals surface area contributed by atoms with Gasteiger partial charge in [-0.2, -0.15) is 0 Å². The first-order valence-corrected chi connectivity index (χ1v) is 24.8. The molecule has 0 amide bonds. The fourth-order valence-electron chi connectivity index (χ4n) is 6.99. The van der Waals surface area contributed by atoms with Gasteiger partial charge >= 0.3 is 37.7 Å². The van der Waals surface area contributed by atoms with Gasteiger partial charge in [-0.05, 0) is 155 Å². The predicted octanol–water partition coefficient (Wildman–Crippen LogP) is 12.5. The molecule has 0 atom stereocenters. The first-order valence-electron chi connectivity index (χ1n) is 24.8. The van der Waals surface area contributed by atoms with E-state index in [1.807, 2.05) is 0 Å². The van der Waals surface area contributed by atoms with Gasteiger partial charge in [0.05, 0.1) is 11.9 Å². The van der Waals surface area contributed by atoms with Crippen molar-refractivity contribution in [3.63, 3.8) is 0 Å². The van der Waals surface area contributed by atoms with Crippen LogP contribution in [0.1, 0.15) is 233 Å². The summed E-state index contributed by atoms with van der Waals surface area (Å²) in [4.78, 5) is 26.1. The minimum Gasteiger partial charge on any atom is -0.549 e. The third kappa shape index (κ3) is 57.1. The minimum absolute atomic E-state index is 0. The number of hydrogen-bond donors (Lipinski definition) is 0. The van der Waals surface area contributed by atoms with Gasteiger partial charge in [-0.15, -0.1) is 0 Å². The molecular weight excluding hydrogens is 757 g/mol. The Balaban J connectivity index is -0.00000105. The smallest absolute Gasteiger partial charge is 0.549 e. The average molecular weight is 853 g/mol. The number of carbonyl (C=O) groups is 2. The van der Waals surface area contributed by atoms with E-state index in [4.69, 9.17) is 0 Å². The van der Waals surface area contributed by atoms with Crippen molar-refractivity contribution < 1.29 is 19.8 Å². The second kappa shape index (κ2) is 55.1. The maximum absolute atomic E-state index is 11.0. The molecule has 0 aliphatic heterocycles. The summed E-state index contributed by atoms with van der Waals surface area (Å²) in [5.41, 5.74) is 0. The van der Waals surface area contributed by atoms with Gasteiger partial charge < -0.3 is 19.8 Å². The Hall–Kier alpha value is -0.920. The number of hydrogen-bond acceptors (Lipinski definition) is 6. The summed E-state index contributed by atoms with van der Waals surface area (Å²) in [5.74, 6) is -1.91. The van der Waals surface area contributed by atoms with Gasteiger partial charge in [-0.25, -0.2) is 0 Å². The monoisotopic (exact) mass is 853 g/mol. The van der Waals surface area contributed by atoms with Crippen LogP contribution in [-0.4, -0.2) is 98.7 Å². The van der Waals surface area contributed by atoms with Crippen LogP contribution >= 0.6 is 0 Å². The molecule has 0 aromatic heterocycles. The maximum atomic E-state index is 11.0. The van der Waals surface area contributed by atoms with Gasteiger partial charge in [0.25, 0.3) is 0 Å². The van der Waals surface area contributed by atoms with Crippen molar-refractivity contribution in [2.24, 2.45) is 0 Å². The van der Waals surface area contributed by atoms with Gasteiger partial charge in [0.15, 0.2) is 0 Å². The number of nitrogens with zero attached hydrogens (tertiary/aromatic N) is 2. The normalized spacial score (nSPS) is 11.8. The van der Waals surface area contributed by atoms with Crippen LogP contribution in [0.5, 0.6) is 0 Å². The largest absolute Gasteiger partial charge is 2.00 e. The van der Waals surface area contributed by atoms with E-state index >= 15 is 0 Å². The van der Waals surface area contributed by atoms with Crippen LogP contribution in [0.25, 0.3) is 0 Å². The van der Waals surface area contributed by atoms with Crippen LogP contribution in [0.4, 0.5) is 0 Å². The van der Waals surface area contributed by atoms with Crippen LogP contribution < -0.4 is 10.2 Å². The molecule has 59 heavy (non-hydrogen) atoms.